The summed E-state index contributed by atoms with van der Waals surface area (Å²) in [6, 6.07) is 12.9. The molecule has 1 aromatic carbocycles. The summed E-state index contributed by atoms with van der Waals surface area (Å²) in [6.45, 7) is 3.62. The Kier molecular flexibility index (Phi) is 6.57. The fraction of sp³-hybridized carbons (Fsp3) is 0.400. The summed E-state index contributed by atoms with van der Waals surface area (Å²) >= 11 is 0. The number of pyridine rings is 1. The van der Waals surface area contributed by atoms with Gasteiger partial charge in [0.25, 0.3) is 0 Å². The van der Waals surface area contributed by atoms with Crippen LogP contribution in [0.15, 0.2) is 48.7 Å². The molecule has 1 aliphatic heterocycles. The Balaban J connectivity index is 1.54. The first kappa shape index (κ1) is 18.4. The van der Waals surface area contributed by atoms with E-state index < -0.39 is 0 Å². The molecule has 2 aromatic rings. The molecule has 138 valence electrons. The summed E-state index contributed by atoms with van der Waals surface area (Å²) in [5.74, 6) is 0.259. The number of aryl methyl sites for hydroxylation is 1. The van der Waals surface area contributed by atoms with E-state index in [1.165, 1.54) is 0 Å². The second-order valence-corrected chi connectivity index (χ2v) is 6.39. The summed E-state index contributed by atoms with van der Waals surface area (Å²) in [5.41, 5.74) is 2.00. The molecule has 0 saturated carbocycles. The lowest BCUT2D eigenvalue weighted by molar-refractivity contribution is -0.121. The van der Waals surface area contributed by atoms with E-state index in [2.05, 4.69) is 15.2 Å². The number of ether oxygens (including phenoxy) is 1. The maximum absolute atomic E-state index is 12.3. The number of amides is 1. The number of carbonyl (C=O) groups is 1. The Morgan fingerprint density at radius 1 is 1.19 bits per heavy atom. The van der Waals surface area contributed by atoms with Crippen LogP contribution in [0.2, 0.25) is 0 Å². The van der Waals surface area contributed by atoms with Crippen molar-refractivity contribution < 1.29 is 14.6 Å². The number of aromatic hydroxyl groups is 1. The van der Waals surface area contributed by atoms with E-state index in [4.69, 9.17) is 4.74 Å². The number of carbonyl (C=O) groups excluding carboxylic acids is 1. The average Bonchev–Trinajstić information content (AvgIpc) is 2.69. The van der Waals surface area contributed by atoms with Crippen molar-refractivity contribution in [2.75, 3.05) is 32.8 Å². The molecule has 26 heavy (non-hydrogen) atoms. The molecule has 6 nitrogen and oxygen atoms in total. The number of phenolic OH excluding ortho intramolecular Hbond substituents is 1. The molecule has 2 heterocycles. The molecule has 2 N–H and O–H groups in total. The van der Waals surface area contributed by atoms with Gasteiger partial charge in [-0.2, -0.15) is 0 Å². The van der Waals surface area contributed by atoms with E-state index in [0.29, 0.717) is 32.6 Å². The number of hydrogen-bond acceptors (Lipinski definition) is 5. The van der Waals surface area contributed by atoms with Gasteiger partial charge in [0.1, 0.15) is 5.75 Å². The van der Waals surface area contributed by atoms with Crippen molar-refractivity contribution in [1.82, 2.24) is 15.2 Å². The maximum atomic E-state index is 12.3. The smallest absolute Gasteiger partial charge is 0.220 e. The molecular formula is C20H25N3O3. The van der Waals surface area contributed by atoms with Gasteiger partial charge in [-0.05, 0) is 36.2 Å². The first-order chi connectivity index (χ1) is 12.7. The van der Waals surface area contributed by atoms with Crippen LogP contribution in [0.3, 0.4) is 0 Å². The summed E-state index contributed by atoms with van der Waals surface area (Å²) in [7, 11) is 0. The van der Waals surface area contributed by atoms with Gasteiger partial charge in [-0.25, -0.2) is 0 Å². The molecule has 1 saturated heterocycles. The maximum Gasteiger partial charge on any atom is 0.220 e. The van der Waals surface area contributed by atoms with Crippen molar-refractivity contribution in [3.63, 3.8) is 0 Å². The highest BCUT2D eigenvalue weighted by molar-refractivity contribution is 5.76. The van der Waals surface area contributed by atoms with Crippen LogP contribution in [0.1, 0.15) is 23.7 Å². The van der Waals surface area contributed by atoms with E-state index >= 15 is 0 Å². The lowest BCUT2D eigenvalue weighted by Gasteiger charge is -2.34. The van der Waals surface area contributed by atoms with Gasteiger partial charge in [-0.15, -0.1) is 0 Å². The number of phenols is 1. The molecule has 1 unspecified atom stereocenters. The molecule has 1 fully saturated rings. The van der Waals surface area contributed by atoms with Crippen molar-refractivity contribution in [1.29, 1.82) is 0 Å². The van der Waals surface area contributed by atoms with E-state index in [0.717, 1.165) is 24.3 Å². The van der Waals surface area contributed by atoms with E-state index in [1.54, 1.807) is 18.3 Å². The molecule has 0 bridgehead atoms. The molecule has 1 aromatic heterocycles. The Morgan fingerprint density at radius 2 is 1.96 bits per heavy atom. The fourth-order valence-corrected chi connectivity index (χ4v) is 3.10. The quantitative estimate of drug-likeness (QED) is 0.794. The van der Waals surface area contributed by atoms with Gasteiger partial charge < -0.3 is 15.2 Å². The predicted octanol–water partition coefficient (Wildman–Crippen LogP) is 1.91. The van der Waals surface area contributed by atoms with Crippen LogP contribution in [0, 0.1) is 0 Å². The highest BCUT2D eigenvalue weighted by atomic mass is 16.5. The first-order valence-corrected chi connectivity index (χ1v) is 9.00. The molecule has 1 aliphatic rings. The second-order valence-electron chi connectivity index (χ2n) is 6.39. The van der Waals surface area contributed by atoms with Crippen molar-refractivity contribution >= 4 is 5.91 Å². The number of morpholine rings is 1. The molecule has 1 atom stereocenters. The van der Waals surface area contributed by atoms with Crippen LogP contribution in [0.25, 0.3) is 0 Å². The Labute approximate surface area is 153 Å². The molecule has 3 rings (SSSR count). The molecule has 0 radical (unpaired) electrons. The Morgan fingerprint density at radius 3 is 2.65 bits per heavy atom. The van der Waals surface area contributed by atoms with E-state index in [-0.39, 0.29) is 17.7 Å². The van der Waals surface area contributed by atoms with Crippen molar-refractivity contribution in [2.45, 2.75) is 18.9 Å². The number of aromatic nitrogens is 1. The summed E-state index contributed by atoms with van der Waals surface area (Å²) in [5, 5.41) is 12.4. The molecular weight excluding hydrogens is 330 g/mol. The zero-order valence-corrected chi connectivity index (χ0v) is 14.8. The van der Waals surface area contributed by atoms with Gasteiger partial charge in [0, 0.05) is 32.3 Å². The Hall–Kier alpha value is -2.44. The highest BCUT2D eigenvalue weighted by Gasteiger charge is 2.24. The summed E-state index contributed by atoms with van der Waals surface area (Å²) < 4.78 is 5.44. The number of benzene rings is 1. The number of nitrogens with zero attached hydrogens (tertiary/aromatic N) is 2. The van der Waals surface area contributed by atoms with Crippen LogP contribution >= 0.6 is 0 Å². The number of hydrogen-bond donors (Lipinski definition) is 2. The third kappa shape index (κ3) is 5.28. The van der Waals surface area contributed by atoms with Gasteiger partial charge >= 0.3 is 0 Å². The lowest BCUT2D eigenvalue weighted by Crippen LogP contribution is -2.44. The third-order valence-corrected chi connectivity index (χ3v) is 4.59. The van der Waals surface area contributed by atoms with Gasteiger partial charge in [0.2, 0.25) is 5.91 Å². The molecule has 1 amide bonds. The first-order valence-electron chi connectivity index (χ1n) is 9.00. The standard InChI is InChI=1S/C20H25N3O3/c24-17-7-4-16(5-8-17)6-9-20(25)22-15-19(18-3-1-2-10-21-18)23-11-13-26-14-12-23/h1-5,7-8,10,19,24H,6,9,11-15H2,(H,22,25). The SMILES string of the molecule is O=C(CCc1ccc(O)cc1)NCC(c1ccccn1)N1CCOCC1. The zero-order chi connectivity index (χ0) is 18.2. The van der Waals surface area contributed by atoms with Crippen molar-refractivity contribution in [3.8, 4) is 5.75 Å². The minimum Gasteiger partial charge on any atom is -0.508 e. The zero-order valence-electron chi connectivity index (χ0n) is 14.8. The fourth-order valence-electron chi connectivity index (χ4n) is 3.10. The molecule has 0 spiro atoms. The minimum absolute atomic E-state index is 0.0206. The molecule has 0 aliphatic carbocycles. The minimum atomic E-state index is 0.0206. The molecule has 6 heteroatoms. The van der Waals surface area contributed by atoms with Crippen molar-refractivity contribution in [3.05, 3.63) is 59.9 Å². The number of rotatable bonds is 7. The lowest BCUT2D eigenvalue weighted by atomic mass is 10.1. The van der Waals surface area contributed by atoms with Gasteiger partial charge in [0.05, 0.1) is 24.9 Å². The van der Waals surface area contributed by atoms with Gasteiger partial charge in [-0.3, -0.25) is 14.7 Å². The normalized spacial score (nSPS) is 16.2. The average molecular weight is 355 g/mol. The van der Waals surface area contributed by atoms with E-state index in [1.807, 2.05) is 30.3 Å². The second kappa shape index (κ2) is 9.31. The van der Waals surface area contributed by atoms with Crippen LogP contribution in [-0.2, 0) is 16.0 Å². The number of nitrogens with one attached hydrogen (secondary N) is 1. The van der Waals surface area contributed by atoms with Crippen LogP contribution in [0.5, 0.6) is 5.75 Å². The van der Waals surface area contributed by atoms with Crippen LogP contribution in [-0.4, -0.2) is 53.7 Å². The predicted molar refractivity (Wildman–Crippen MR) is 98.8 cm³/mol. The highest BCUT2D eigenvalue weighted by Crippen LogP contribution is 2.19. The summed E-state index contributed by atoms with van der Waals surface area (Å²) in [6.07, 6.45) is 2.86. The summed E-state index contributed by atoms with van der Waals surface area (Å²) in [4.78, 5) is 19.1. The van der Waals surface area contributed by atoms with Crippen molar-refractivity contribution in [2.24, 2.45) is 0 Å². The van der Waals surface area contributed by atoms with E-state index in [9.17, 15) is 9.90 Å². The third-order valence-electron chi connectivity index (χ3n) is 4.59. The van der Waals surface area contributed by atoms with Gasteiger partial charge in [-0.1, -0.05) is 18.2 Å². The topological polar surface area (TPSA) is 74.7 Å². The monoisotopic (exact) mass is 355 g/mol. The Bertz CT molecular complexity index is 685. The van der Waals surface area contributed by atoms with Crippen LogP contribution < -0.4 is 5.32 Å². The largest absolute Gasteiger partial charge is 0.508 e. The van der Waals surface area contributed by atoms with Gasteiger partial charge in [0.15, 0.2) is 0 Å². The van der Waals surface area contributed by atoms with Crippen LogP contribution in [0.4, 0.5) is 0 Å².